The summed E-state index contributed by atoms with van der Waals surface area (Å²) in [5.74, 6) is 0. The van der Waals surface area contributed by atoms with Gasteiger partial charge in [0.25, 0.3) is 0 Å². The lowest BCUT2D eigenvalue weighted by molar-refractivity contribution is -0.458. The Hall–Kier alpha value is -2.87. The highest BCUT2D eigenvalue weighted by Gasteiger charge is 2.13. The number of benzene rings is 3. The summed E-state index contributed by atoms with van der Waals surface area (Å²) in [4.78, 5) is 2.30. The minimum absolute atomic E-state index is 1.16. The molecule has 2 heteroatoms. The van der Waals surface area contributed by atoms with Crippen molar-refractivity contribution in [1.82, 2.24) is 0 Å². The molecule has 0 saturated heterocycles. The van der Waals surface area contributed by atoms with Crippen LogP contribution in [0.1, 0.15) is 16.7 Å². The minimum Gasteiger partial charge on any atom is -0.310 e. The topological polar surface area (TPSA) is 6.25 Å². The van der Waals surface area contributed by atoms with Gasteiger partial charge in [-0.05, 0) is 67.4 Å². The van der Waals surface area contributed by atoms with Crippen molar-refractivity contribution in [2.75, 3.05) is 19.0 Å². The molecule has 0 aromatic heterocycles. The zero-order valence-corrected chi connectivity index (χ0v) is 15.4. The molecule has 3 aromatic carbocycles. The molecule has 0 N–H and O–H groups in total. The van der Waals surface area contributed by atoms with E-state index in [2.05, 4.69) is 116 Å². The minimum atomic E-state index is 1.16. The SMILES string of the molecule is Cc1cccc(N(c2ccccc2)c2ccc(C=[N+](C)C)c(C)c2)c1. The standard InChI is InChI=1S/C23H25N2/c1-18-9-8-12-22(15-18)25(21-10-6-5-7-11-21)23-14-13-20(17-24(3)4)19(2)16-23/h5-17H,1-4H3/q+1. The van der Waals surface area contributed by atoms with Gasteiger partial charge in [-0.15, -0.1) is 0 Å². The molecule has 0 heterocycles. The highest BCUT2D eigenvalue weighted by atomic mass is 15.1. The maximum Gasteiger partial charge on any atom is 0.170 e. The normalized spacial score (nSPS) is 10.4. The van der Waals surface area contributed by atoms with Gasteiger partial charge in [-0.2, -0.15) is 0 Å². The third-order valence-electron chi connectivity index (χ3n) is 4.18. The van der Waals surface area contributed by atoms with E-state index in [1.54, 1.807) is 0 Å². The van der Waals surface area contributed by atoms with Crippen LogP contribution in [0.25, 0.3) is 0 Å². The van der Waals surface area contributed by atoms with Crippen molar-refractivity contribution < 1.29 is 4.58 Å². The molecule has 0 fully saturated rings. The van der Waals surface area contributed by atoms with E-state index < -0.39 is 0 Å². The number of anilines is 3. The fraction of sp³-hybridized carbons (Fsp3) is 0.174. The molecule has 0 aliphatic rings. The zero-order valence-electron chi connectivity index (χ0n) is 15.4. The lowest BCUT2D eigenvalue weighted by atomic mass is 10.1. The predicted octanol–water partition coefficient (Wildman–Crippen LogP) is 5.46. The Morgan fingerprint density at radius 3 is 2.04 bits per heavy atom. The quantitative estimate of drug-likeness (QED) is 0.455. The molecular formula is C23H25N2+. The Bertz CT molecular complexity index is 891. The molecule has 0 saturated carbocycles. The van der Waals surface area contributed by atoms with Crippen LogP contribution in [0.15, 0.2) is 72.8 Å². The van der Waals surface area contributed by atoms with Gasteiger partial charge in [0.1, 0.15) is 14.1 Å². The summed E-state index contributed by atoms with van der Waals surface area (Å²) in [7, 11) is 4.10. The van der Waals surface area contributed by atoms with Gasteiger partial charge >= 0.3 is 0 Å². The Kier molecular flexibility index (Phi) is 4.99. The van der Waals surface area contributed by atoms with E-state index in [0.717, 1.165) is 5.69 Å². The van der Waals surface area contributed by atoms with Crippen molar-refractivity contribution in [3.05, 3.63) is 89.5 Å². The average Bonchev–Trinajstić information content (AvgIpc) is 2.58. The molecule has 0 unspecified atom stereocenters. The Balaban J connectivity index is 2.12. The van der Waals surface area contributed by atoms with Gasteiger partial charge in [-0.1, -0.05) is 30.3 Å². The summed E-state index contributed by atoms with van der Waals surface area (Å²) in [6.07, 6.45) is 2.15. The first-order valence-corrected chi connectivity index (χ1v) is 8.58. The summed E-state index contributed by atoms with van der Waals surface area (Å²) in [6, 6.07) is 25.8. The summed E-state index contributed by atoms with van der Waals surface area (Å²) in [6.45, 7) is 4.30. The van der Waals surface area contributed by atoms with E-state index in [-0.39, 0.29) is 0 Å². The van der Waals surface area contributed by atoms with Crippen molar-refractivity contribution in [2.24, 2.45) is 0 Å². The van der Waals surface area contributed by atoms with Gasteiger partial charge in [0.05, 0.1) is 0 Å². The van der Waals surface area contributed by atoms with Gasteiger partial charge in [-0.3, -0.25) is 0 Å². The van der Waals surface area contributed by atoms with Crippen LogP contribution in [0.5, 0.6) is 0 Å². The number of hydrogen-bond acceptors (Lipinski definition) is 1. The van der Waals surface area contributed by atoms with E-state index in [9.17, 15) is 0 Å². The van der Waals surface area contributed by atoms with Crippen molar-refractivity contribution >= 4 is 23.3 Å². The molecule has 0 aliphatic heterocycles. The third kappa shape index (κ3) is 3.97. The molecule has 3 aromatic rings. The van der Waals surface area contributed by atoms with E-state index in [0.29, 0.717) is 0 Å². The van der Waals surface area contributed by atoms with Crippen LogP contribution in [0.3, 0.4) is 0 Å². The summed E-state index contributed by atoms with van der Waals surface area (Å²) >= 11 is 0. The van der Waals surface area contributed by atoms with Crippen LogP contribution in [0.4, 0.5) is 17.1 Å². The first-order chi connectivity index (χ1) is 12.0. The second-order valence-electron chi connectivity index (χ2n) is 6.64. The van der Waals surface area contributed by atoms with Crippen molar-refractivity contribution in [3.8, 4) is 0 Å². The van der Waals surface area contributed by atoms with E-state index in [4.69, 9.17) is 0 Å². The van der Waals surface area contributed by atoms with Crippen molar-refractivity contribution in [3.63, 3.8) is 0 Å². The number of para-hydroxylation sites is 1. The van der Waals surface area contributed by atoms with Gasteiger partial charge in [0, 0.05) is 22.6 Å². The Morgan fingerprint density at radius 2 is 1.40 bits per heavy atom. The van der Waals surface area contributed by atoms with Gasteiger partial charge in [-0.25, -0.2) is 4.58 Å². The second-order valence-corrected chi connectivity index (χ2v) is 6.64. The summed E-state index contributed by atoms with van der Waals surface area (Å²) < 4.78 is 2.08. The molecule has 0 atom stereocenters. The van der Waals surface area contributed by atoms with E-state index in [1.165, 1.54) is 28.1 Å². The number of hydrogen-bond donors (Lipinski definition) is 0. The molecule has 2 nitrogen and oxygen atoms in total. The molecule has 0 radical (unpaired) electrons. The second kappa shape index (κ2) is 7.35. The Labute approximate surface area is 150 Å². The number of aryl methyl sites for hydroxylation is 2. The molecule has 3 rings (SSSR count). The largest absolute Gasteiger partial charge is 0.310 e. The number of nitrogens with zero attached hydrogens (tertiary/aromatic N) is 2. The molecule has 0 bridgehead atoms. The van der Waals surface area contributed by atoms with Gasteiger partial charge in [0.15, 0.2) is 6.21 Å². The lowest BCUT2D eigenvalue weighted by Crippen LogP contribution is -2.11. The van der Waals surface area contributed by atoms with E-state index >= 15 is 0 Å². The fourth-order valence-electron chi connectivity index (χ4n) is 3.01. The highest BCUT2D eigenvalue weighted by Crippen LogP contribution is 2.35. The monoisotopic (exact) mass is 329 g/mol. The van der Waals surface area contributed by atoms with Crippen LogP contribution in [-0.4, -0.2) is 24.9 Å². The molecule has 0 spiro atoms. The Morgan fingerprint density at radius 1 is 0.720 bits per heavy atom. The van der Waals surface area contributed by atoms with Gasteiger partial charge in [0.2, 0.25) is 0 Å². The van der Waals surface area contributed by atoms with Gasteiger partial charge < -0.3 is 4.90 Å². The summed E-state index contributed by atoms with van der Waals surface area (Å²) in [5.41, 5.74) is 7.27. The molecule has 0 amide bonds. The first kappa shape index (κ1) is 17.0. The zero-order chi connectivity index (χ0) is 17.8. The van der Waals surface area contributed by atoms with Crippen molar-refractivity contribution in [1.29, 1.82) is 0 Å². The van der Waals surface area contributed by atoms with Crippen LogP contribution in [0.2, 0.25) is 0 Å². The fourth-order valence-corrected chi connectivity index (χ4v) is 3.01. The van der Waals surface area contributed by atoms with Crippen LogP contribution in [0, 0.1) is 13.8 Å². The van der Waals surface area contributed by atoms with E-state index in [1.807, 2.05) is 0 Å². The lowest BCUT2D eigenvalue weighted by Gasteiger charge is -2.26. The van der Waals surface area contributed by atoms with Crippen LogP contribution < -0.4 is 4.90 Å². The molecule has 0 aliphatic carbocycles. The molecule has 25 heavy (non-hydrogen) atoms. The first-order valence-electron chi connectivity index (χ1n) is 8.58. The third-order valence-corrected chi connectivity index (χ3v) is 4.18. The smallest absolute Gasteiger partial charge is 0.170 e. The molecular weight excluding hydrogens is 304 g/mol. The number of rotatable bonds is 4. The predicted molar refractivity (Wildman–Crippen MR) is 108 cm³/mol. The van der Waals surface area contributed by atoms with Crippen LogP contribution in [-0.2, 0) is 0 Å². The van der Waals surface area contributed by atoms with Crippen molar-refractivity contribution in [2.45, 2.75) is 13.8 Å². The average molecular weight is 329 g/mol. The maximum absolute atomic E-state index is 2.30. The molecule has 126 valence electrons. The van der Waals surface area contributed by atoms with Crippen LogP contribution >= 0.6 is 0 Å². The maximum atomic E-state index is 2.30. The summed E-state index contributed by atoms with van der Waals surface area (Å²) in [5, 5.41) is 0. The highest BCUT2D eigenvalue weighted by molar-refractivity contribution is 5.82.